The number of nitrogens with zero attached hydrogens (tertiary/aromatic N) is 2. The predicted octanol–water partition coefficient (Wildman–Crippen LogP) is 6.16. The molecule has 4 heterocycles. The number of carbonyl (C=O) groups excluding carboxylic acids is 3. The van der Waals surface area contributed by atoms with Gasteiger partial charge in [0.05, 0.1) is 35.5 Å². The Hall–Kier alpha value is -5.44. The molecule has 0 unspecified atom stereocenters. The number of aliphatic hydroxyl groups excluding tert-OH is 2. The number of aromatic nitrogens is 2. The lowest BCUT2D eigenvalue weighted by molar-refractivity contribution is -0.160. The molecule has 5 N–H and O–H groups in total. The van der Waals surface area contributed by atoms with Gasteiger partial charge in [0.1, 0.15) is 40.0 Å². The Bertz CT molecular complexity index is 2380. The van der Waals surface area contributed by atoms with Gasteiger partial charge in [-0.1, -0.05) is 45.9 Å². The van der Waals surface area contributed by atoms with Crippen molar-refractivity contribution < 1.29 is 53.8 Å². The molecule has 6 rings (SSSR count). The molecular weight excluding hydrogens is 734 g/mol. The molecule has 2 aliphatic heterocycles. The second-order valence-electron chi connectivity index (χ2n) is 15.6. The summed E-state index contributed by atoms with van der Waals surface area (Å²) in [6.45, 7) is 14.7. The number of aromatic hydroxyl groups is 2. The molecule has 57 heavy (non-hydrogen) atoms. The molecule has 2 aliphatic rings. The number of nitrogens with one attached hydrogen (secondary N) is 1. The Morgan fingerprint density at radius 3 is 2.35 bits per heavy atom. The van der Waals surface area contributed by atoms with Crippen LogP contribution in [0.5, 0.6) is 17.2 Å². The fraction of sp³-hybridized carbons (Fsp3) is 0.442. The largest absolute Gasteiger partial charge is 0.507 e. The fourth-order valence-corrected chi connectivity index (χ4v) is 8.03. The number of aliphatic hydroxyl groups is 2. The lowest BCUT2D eigenvalue weighted by atomic mass is 9.78. The van der Waals surface area contributed by atoms with E-state index in [1.54, 1.807) is 63.4 Å². The summed E-state index contributed by atoms with van der Waals surface area (Å²) >= 11 is 0. The van der Waals surface area contributed by atoms with Crippen LogP contribution in [-0.4, -0.2) is 84.8 Å². The van der Waals surface area contributed by atoms with Crippen molar-refractivity contribution in [1.82, 2.24) is 9.38 Å². The summed E-state index contributed by atoms with van der Waals surface area (Å²) in [5.74, 6) is -6.96. The second kappa shape index (κ2) is 15.5. The summed E-state index contributed by atoms with van der Waals surface area (Å²) < 4.78 is 25.5. The number of rotatable bonds is 2. The number of pyridine rings is 1. The summed E-state index contributed by atoms with van der Waals surface area (Å²) in [6.07, 6.45) is 5.62. The van der Waals surface area contributed by atoms with Gasteiger partial charge in [0.25, 0.3) is 11.7 Å². The average Bonchev–Trinajstić information content (AvgIpc) is 3.67. The minimum atomic E-state index is -1.96. The Morgan fingerprint density at radius 2 is 1.68 bits per heavy atom. The summed E-state index contributed by atoms with van der Waals surface area (Å²) in [6, 6.07) is 3.64. The minimum absolute atomic E-state index is 0.0185. The number of hydrogen-bond donors (Lipinski definition) is 5. The first-order valence-corrected chi connectivity index (χ1v) is 19.0. The summed E-state index contributed by atoms with van der Waals surface area (Å²) in [4.78, 5) is 45.6. The van der Waals surface area contributed by atoms with E-state index in [1.807, 2.05) is 19.1 Å². The van der Waals surface area contributed by atoms with E-state index in [-0.39, 0.29) is 55.7 Å². The van der Waals surface area contributed by atoms with Crippen molar-refractivity contribution in [2.75, 3.05) is 12.4 Å². The molecule has 2 aromatic heterocycles. The number of imidazole rings is 1. The maximum Gasteiger partial charge on any atom is 0.312 e. The van der Waals surface area contributed by atoms with E-state index in [0.29, 0.717) is 5.65 Å². The average molecular weight is 786 g/mol. The van der Waals surface area contributed by atoms with Gasteiger partial charge < -0.3 is 44.7 Å². The van der Waals surface area contributed by atoms with Crippen molar-refractivity contribution in [3.63, 3.8) is 0 Å². The molecule has 0 saturated carbocycles. The number of ether oxygens (including phenoxy) is 4. The number of allylic oxidation sites excluding steroid dienone is 2. The van der Waals surface area contributed by atoms with Gasteiger partial charge in [0.15, 0.2) is 5.75 Å². The van der Waals surface area contributed by atoms with Crippen LogP contribution >= 0.6 is 0 Å². The third-order valence-electron chi connectivity index (χ3n) is 11.5. The van der Waals surface area contributed by atoms with Crippen molar-refractivity contribution in [3.05, 3.63) is 71.2 Å². The molecule has 4 bridgehead atoms. The van der Waals surface area contributed by atoms with E-state index < -0.39 is 77.3 Å². The highest BCUT2D eigenvalue weighted by Crippen LogP contribution is 2.54. The zero-order valence-corrected chi connectivity index (χ0v) is 33.8. The van der Waals surface area contributed by atoms with E-state index in [1.165, 1.54) is 40.2 Å². The van der Waals surface area contributed by atoms with Gasteiger partial charge in [0, 0.05) is 67.3 Å². The Kier molecular flexibility index (Phi) is 11.2. The van der Waals surface area contributed by atoms with Gasteiger partial charge in [-0.3, -0.25) is 18.8 Å². The summed E-state index contributed by atoms with van der Waals surface area (Å²) in [7, 11) is 1.46. The first-order chi connectivity index (χ1) is 26.8. The number of hydrogen-bond acceptors (Lipinski definition) is 12. The SMILES string of the molecule is CO[C@H]1C=CO[C@]2(C)Oc3c(C)c(O)c4c(O)c(c5c(nc6cc(C)ccn65)c4c3C2=O)NC(=O)C(C)=CC=C[C@H](C)[C@H](O)[C@@H](C)[C@@H](O)[C@@H](C)[C@H](OC(C)=O)[C@@H]1C. The molecule has 0 radical (unpaired) electrons. The highest BCUT2D eigenvalue weighted by Gasteiger charge is 2.50. The Labute approximate surface area is 330 Å². The number of anilines is 1. The van der Waals surface area contributed by atoms with Crippen molar-refractivity contribution >= 4 is 50.8 Å². The molecular formula is C43H51N3O11. The van der Waals surface area contributed by atoms with Crippen molar-refractivity contribution in [2.45, 2.75) is 92.5 Å². The van der Waals surface area contributed by atoms with Gasteiger partial charge in [-0.2, -0.15) is 0 Å². The molecule has 14 heteroatoms. The van der Waals surface area contributed by atoms with Gasteiger partial charge in [-0.15, -0.1) is 0 Å². The lowest BCUT2D eigenvalue weighted by Crippen LogP contribution is -2.46. The number of fused-ring (bicyclic) bond motifs is 2. The highest BCUT2D eigenvalue weighted by molar-refractivity contribution is 6.28. The molecule has 2 aromatic carbocycles. The molecule has 1 amide bonds. The number of esters is 1. The molecule has 0 aliphatic carbocycles. The Morgan fingerprint density at radius 1 is 0.982 bits per heavy atom. The summed E-state index contributed by atoms with van der Waals surface area (Å²) in [5.41, 5.74) is 2.18. The first kappa shape index (κ1) is 41.2. The Balaban J connectivity index is 1.58. The molecule has 14 nitrogen and oxygen atoms in total. The standard InChI is InChI=1S/C43H51N3O11/c1-19-14-16-46-28(18-19)44-32-29-30-37(50)25(7)40-31(29)41(52)43(9,57-40)55-17-15-27(54-10)22(4)39(56-26(8)47)24(6)36(49)23(5)35(48)20(2)12-11-13-21(3)42(53)45-33(34(32)46)38(30)51/h11-18,20,22-24,27,35-36,39,48-51H,1-10H3,(H,45,53)/t20-,22+,23+,24+,27-,35-,36+,39+,43+/m0/s1. The second-order valence-corrected chi connectivity index (χ2v) is 15.6. The zero-order chi connectivity index (χ0) is 41.8. The monoisotopic (exact) mass is 785 g/mol. The van der Waals surface area contributed by atoms with Crippen LogP contribution in [0.4, 0.5) is 5.69 Å². The molecule has 0 spiro atoms. The normalized spacial score (nSPS) is 28.8. The smallest absolute Gasteiger partial charge is 0.312 e. The summed E-state index contributed by atoms with van der Waals surface area (Å²) in [5, 5.41) is 49.4. The van der Waals surface area contributed by atoms with E-state index in [4.69, 9.17) is 23.9 Å². The number of phenolic OH excluding ortho intramolecular Hbond substituents is 2. The lowest BCUT2D eigenvalue weighted by Gasteiger charge is -2.38. The third kappa shape index (κ3) is 7.10. The number of carbonyl (C=O) groups is 3. The predicted molar refractivity (Wildman–Crippen MR) is 213 cm³/mol. The van der Waals surface area contributed by atoms with Crippen LogP contribution in [0.3, 0.4) is 0 Å². The van der Waals surface area contributed by atoms with Gasteiger partial charge in [-0.05, 0) is 44.5 Å². The number of methoxy groups -OCH3 is 1. The van der Waals surface area contributed by atoms with E-state index in [0.717, 1.165) is 5.56 Å². The van der Waals surface area contributed by atoms with Crippen molar-refractivity contribution in [1.29, 1.82) is 0 Å². The van der Waals surface area contributed by atoms with Gasteiger partial charge in [0.2, 0.25) is 0 Å². The van der Waals surface area contributed by atoms with Crippen LogP contribution in [0, 0.1) is 37.5 Å². The molecule has 9 atom stereocenters. The topological polar surface area (TPSA) is 198 Å². The fourth-order valence-electron chi connectivity index (χ4n) is 8.03. The van der Waals surface area contributed by atoms with Crippen molar-refractivity contribution in [3.8, 4) is 17.2 Å². The van der Waals surface area contributed by atoms with Crippen LogP contribution in [0.2, 0.25) is 0 Å². The van der Waals surface area contributed by atoms with Crippen LogP contribution in [0.1, 0.15) is 70.0 Å². The number of Topliss-reactive ketones (excluding diaryl/α,β-unsaturated/α-hetero) is 1. The molecule has 304 valence electrons. The van der Waals surface area contributed by atoms with Crippen molar-refractivity contribution in [2.24, 2.45) is 23.7 Å². The highest BCUT2D eigenvalue weighted by atomic mass is 16.7. The van der Waals surface area contributed by atoms with Gasteiger partial charge in [-0.25, -0.2) is 4.98 Å². The molecule has 0 saturated heterocycles. The van der Waals surface area contributed by atoms with Crippen LogP contribution in [0.15, 0.2) is 54.5 Å². The maximum atomic E-state index is 14.6. The van der Waals surface area contributed by atoms with Crippen LogP contribution in [0.25, 0.3) is 27.5 Å². The quantitative estimate of drug-likeness (QED) is 0.115. The van der Waals surface area contributed by atoms with Crippen LogP contribution < -0.4 is 10.1 Å². The first-order valence-electron chi connectivity index (χ1n) is 19.0. The number of ketones is 1. The van der Waals surface area contributed by atoms with E-state index >= 15 is 0 Å². The third-order valence-corrected chi connectivity index (χ3v) is 11.5. The molecule has 0 fully saturated rings. The minimum Gasteiger partial charge on any atom is -0.507 e. The number of amides is 1. The molecule has 4 aromatic rings. The van der Waals surface area contributed by atoms with E-state index in [2.05, 4.69) is 5.32 Å². The maximum absolute atomic E-state index is 14.6. The van der Waals surface area contributed by atoms with Crippen LogP contribution in [-0.2, 0) is 23.8 Å². The zero-order valence-electron chi connectivity index (χ0n) is 33.8. The van der Waals surface area contributed by atoms with Gasteiger partial charge >= 0.3 is 11.8 Å². The number of phenols is 2. The number of aryl methyl sites for hydroxylation is 1. The number of benzene rings is 2. The van der Waals surface area contributed by atoms with E-state index in [9.17, 15) is 34.8 Å².